The maximum atomic E-state index is 5.42. The van der Waals surface area contributed by atoms with Gasteiger partial charge in [0.2, 0.25) is 0 Å². The van der Waals surface area contributed by atoms with E-state index in [2.05, 4.69) is 29.5 Å². The van der Waals surface area contributed by atoms with Gasteiger partial charge in [-0.3, -0.25) is 0 Å². The molecule has 0 fully saturated rings. The fraction of sp³-hybridized carbons (Fsp3) is 0.556. The molecule has 1 aromatic rings. The van der Waals surface area contributed by atoms with E-state index < -0.39 is 0 Å². The largest absolute Gasteiger partial charge is 0.367 e. The van der Waals surface area contributed by atoms with Crippen molar-refractivity contribution in [2.45, 2.75) is 12.8 Å². The molecule has 0 bridgehead atoms. The minimum Gasteiger partial charge on any atom is -0.367 e. The van der Waals surface area contributed by atoms with Gasteiger partial charge in [0.1, 0.15) is 0 Å². The molecule has 0 aliphatic heterocycles. The molecular formula is C9H16N2S. The van der Waals surface area contributed by atoms with Crippen LogP contribution in [0.1, 0.15) is 12.8 Å². The van der Waals surface area contributed by atoms with Crippen LogP contribution in [0.25, 0.3) is 0 Å². The molecule has 1 aromatic heterocycles. The van der Waals surface area contributed by atoms with E-state index in [4.69, 9.17) is 5.73 Å². The zero-order valence-electron chi connectivity index (χ0n) is 7.49. The molecule has 3 heteroatoms. The van der Waals surface area contributed by atoms with Crippen LogP contribution in [0.3, 0.4) is 0 Å². The summed E-state index contributed by atoms with van der Waals surface area (Å²) in [6.45, 7) is 1.91. The lowest BCUT2D eigenvalue weighted by atomic mass is 10.3. The predicted octanol–water partition coefficient (Wildman–Crippen LogP) is 1.92. The Bertz CT molecular complexity index is 196. The second-order valence-corrected chi connectivity index (χ2v) is 3.79. The Morgan fingerprint density at radius 3 is 2.92 bits per heavy atom. The zero-order chi connectivity index (χ0) is 8.81. The van der Waals surface area contributed by atoms with Gasteiger partial charge in [0.25, 0.3) is 0 Å². The third-order valence-corrected chi connectivity index (χ3v) is 2.81. The minimum absolute atomic E-state index is 0.804. The lowest BCUT2D eigenvalue weighted by Crippen LogP contribution is -2.17. The third-order valence-electron chi connectivity index (χ3n) is 1.83. The lowest BCUT2D eigenvalue weighted by molar-refractivity contribution is 0.731. The summed E-state index contributed by atoms with van der Waals surface area (Å²) in [4.78, 5) is 2.28. The second-order valence-electron chi connectivity index (χ2n) is 2.87. The van der Waals surface area contributed by atoms with Crippen molar-refractivity contribution in [2.75, 3.05) is 25.0 Å². The standard InChI is InChI=1S/C9H16N2S/c1-11(7-3-2-6-10)9-5-4-8-12-9/h4-5,8H,2-3,6-7,10H2,1H3. The van der Waals surface area contributed by atoms with E-state index in [1.54, 1.807) is 11.3 Å². The van der Waals surface area contributed by atoms with Gasteiger partial charge in [-0.05, 0) is 36.9 Å². The molecular weight excluding hydrogens is 168 g/mol. The van der Waals surface area contributed by atoms with Crippen molar-refractivity contribution >= 4 is 16.3 Å². The number of hydrogen-bond acceptors (Lipinski definition) is 3. The molecule has 0 saturated carbocycles. The van der Waals surface area contributed by atoms with Gasteiger partial charge in [-0.1, -0.05) is 0 Å². The third kappa shape index (κ3) is 2.83. The van der Waals surface area contributed by atoms with Crippen molar-refractivity contribution in [2.24, 2.45) is 5.73 Å². The number of unbranched alkanes of at least 4 members (excludes halogenated alkanes) is 1. The van der Waals surface area contributed by atoms with Crippen molar-refractivity contribution in [1.82, 2.24) is 0 Å². The normalized spacial score (nSPS) is 10.2. The molecule has 0 spiro atoms. The van der Waals surface area contributed by atoms with E-state index in [9.17, 15) is 0 Å². The van der Waals surface area contributed by atoms with Crippen LogP contribution in [-0.2, 0) is 0 Å². The number of rotatable bonds is 5. The summed E-state index contributed by atoms with van der Waals surface area (Å²) < 4.78 is 0. The maximum absolute atomic E-state index is 5.42. The number of nitrogens with zero attached hydrogens (tertiary/aromatic N) is 1. The SMILES string of the molecule is CN(CCCCN)c1cccs1. The molecule has 1 heterocycles. The maximum Gasteiger partial charge on any atom is 0.0905 e. The Kier molecular flexibility index (Phi) is 4.11. The molecule has 2 N–H and O–H groups in total. The van der Waals surface area contributed by atoms with Gasteiger partial charge >= 0.3 is 0 Å². The van der Waals surface area contributed by atoms with Crippen LogP contribution >= 0.6 is 11.3 Å². The second kappa shape index (κ2) is 5.17. The fourth-order valence-electron chi connectivity index (χ4n) is 1.09. The van der Waals surface area contributed by atoms with Gasteiger partial charge in [0, 0.05) is 13.6 Å². The van der Waals surface area contributed by atoms with Gasteiger partial charge in [-0.25, -0.2) is 0 Å². The first-order chi connectivity index (χ1) is 5.84. The highest BCUT2D eigenvalue weighted by atomic mass is 32.1. The number of thiophene rings is 1. The van der Waals surface area contributed by atoms with Crippen molar-refractivity contribution < 1.29 is 0 Å². The van der Waals surface area contributed by atoms with Gasteiger partial charge in [-0.15, -0.1) is 11.3 Å². The van der Waals surface area contributed by atoms with Crippen molar-refractivity contribution in [1.29, 1.82) is 0 Å². The quantitative estimate of drug-likeness (QED) is 0.708. The van der Waals surface area contributed by atoms with E-state index in [1.807, 2.05) is 0 Å². The highest BCUT2D eigenvalue weighted by Gasteiger charge is 1.99. The molecule has 68 valence electrons. The van der Waals surface area contributed by atoms with Crippen LogP contribution in [0.5, 0.6) is 0 Å². The first-order valence-corrected chi connectivity index (χ1v) is 5.17. The molecule has 2 nitrogen and oxygen atoms in total. The van der Waals surface area contributed by atoms with Crippen LogP contribution in [0.15, 0.2) is 17.5 Å². The fourth-order valence-corrected chi connectivity index (χ4v) is 1.82. The Hall–Kier alpha value is -0.540. The summed E-state index contributed by atoms with van der Waals surface area (Å²) in [5.74, 6) is 0. The molecule has 0 aliphatic rings. The van der Waals surface area contributed by atoms with Crippen LogP contribution in [-0.4, -0.2) is 20.1 Å². The Balaban J connectivity index is 2.25. The van der Waals surface area contributed by atoms with Gasteiger partial charge in [0.15, 0.2) is 0 Å². The average Bonchev–Trinajstić information content (AvgIpc) is 2.56. The predicted molar refractivity (Wildman–Crippen MR) is 55.9 cm³/mol. The molecule has 0 amide bonds. The van der Waals surface area contributed by atoms with Crippen LogP contribution in [0.4, 0.5) is 5.00 Å². The van der Waals surface area contributed by atoms with Crippen molar-refractivity contribution in [3.8, 4) is 0 Å². The Morgan fingerprint density at radius 1 is 1.50 bits per heavy atom. The lowest BCUT2D eigenvalue weighted by Gasteiger charge is -2.16. The minimum atomic E-state index is 0.804. The summed E-state index contributed by atoms with van der Waals surface area (Å²) in [5.41, 5.74) is 5.42. The van der Waals surface area contributed by atoms with Crippen molar-refractivity contribution in [3.05, 3.63) is 17.5 Å². The molecule has 0 saturated heterocycles. The van der Waals surface area contributed by atoms with Crippen molar-refractivity contribution in [3.63, 3.8) is 0 Å². The van der Waals surface area contributed by atoms with Crippen LogP contribution in [0.2, 0.25) is 0 Å². The smallest absolute Gasteiger partial charge is 0.0905 e. The zero-order valence-corrected chi connectivity index (χ0v) is 8.31. The topological polar surface area (TPSA) is 29.3 Å². The summed E-state index contributed by atoms with van der Waals surface area (Å²) >= 11 is 1.78. The van der Waals surface area contributed by atoms with E-state index in [-0.39, 0.29) is 0 Å². The summed E-state index contributed by atoms with van der Waals surface area (Å²) in [6, 6.07) is 4.23. The molecule has 12 heavy (non-hydrogen) atoms. The number of anilines is 1. The molecule has 0 aromatic carbocycles. The first kappa shape index (κ1) is 9.55. The Labute approximate surface area is 78.0 Å². The average molecular weight is 184 g/mol. The Morgan fingerprint density at radius 2 is 2.33 bits per heavy atom. The molecule has 0 unspecified atom stereocenters. The highest BCUT2D eigenvalue weighted by molar-refractivity contribution is 7.14. The number of hydrogen-bond donors (Lipinski definition) is 1. The highest BCUT2D eigenvalue weighted by Crippen LogP contribution is 2.19. The van der Waals surface area contributed by atoms with E-state index in [1.165, 1.54) is 11.4 Å². The molecule has 1 rings (SSSR count). The van der Waals surface area contributed by atoms with Gasteiger partial charge < -0.3 is 10.6 Å². The van der Waals surface area contributed by atoms with Crippen LogP contribution < -0.4 is 10.6 Å². The van der Waals surface area contributed by atoms with Gasteiger partial charge in [0.05, 0.1) is 5.00 Å². The van der Waals surface area contributed by atoms with E-state index in [0.717, 1.165) is 19.5 Å². The van der Waals surface area contributed by atoms with Crippen LogP contribution in [0, 0.1) is 0 Å². The molecule has 0 radical (unpaired) electrons. The monoisotopic (exact) mass is 184 g/mol. The summed E-state index contributed by atoms with van der Waals surface area (Å²) in [7, 11) is 2.13. The molecule has 0 aliphatic carbocycles. The summed E-state index contributed by atoms with van der Waals surface area (Å²) in [6.07, 6.45) is 2.31. The first-order valence-electron chi connectivity index (χ1n) is 4.29. The molecule has 0 atom stereocenters. The van der Waals surface area contributed by atoms with E-state index >= 15 is 0 Å². The van der Waals surface area contributed by atoms with Gasteiger partial charge in [-0.2, -0.15) is 0 Å². The number of nitrogens with two attached hydrogens (primary N) is 1. The summed E-state index contributed by atoms with van der Waals surface area (Å²) in [5, 5.41) is 3.45. The van der Waals surface area contributed by atoms with E-state index in [0.29, 0.717) is 0 Å².